The lowest BCUT2D eigenvalue weighted by Gasteiger charge is -2.12. The van der Waals surface area contributed by atoms with Gasteiger partial charge < -0.3 is 15.7 Å². The Balaban J connectivity index is 2.63. The molecular formula is C13H14FN3O3. The Bertz CT molecular complexity index is 554. The fraction of sp³-hybridized carbons (Fsp3) is 0.308. The van der Waals surface area contributed by atoms with Gasteiger partial charge in [0, 0.05) is 6.54 Å². The number of amides is 2. The highest BCUT2D eigenvalue weighted by molar-refractivity contribution is 5.91. The van der Waals surface area contributed by atoms with Crippen LogP contribution in [0.25, 0.3) is 0 Å². The lowest BCUT2D eigenvalue weighted by molar-refractivity contribution is -0.141. The third-order valence-electron chi connectivity index (χ3n) is 2.70. The van der Waals surface area contributed by atoms with Crippen LogP contribution in [0.2, 0.25) is 0 Å². The Hall–Kier alpha value is -2.62. The first kappa shape index (κ1) is 15.4. The normalized spacial score (nSPS) is 11.2. The molecule has 0 aliphatic heterocycles. The summed E-state index contributed by atoms with van der Waals surface area (Å²) in [4.78, 5) is 22.4. The fourth-order valence-electron chi connectivity index (χ4n) is 1.51. The van der Waals surface area contributed by atoms with Gasteiger partial charge in [-0.1, -0.05) is 6.92 Å². The molecule has 0 aromatic heterocycles. The molecule has 20 heavy (non-hydrogen) atoms. The van der Waals surface area contributed by atoms with Gasteiger partial charge in [-0.25, -0.2) is 9.18 Å². The predicted molar refractivity (Wildman–Crippen MR) is 69.6 cm³/mol. The first-order valence-corrected chi connectivity index (χ1v) is 5.95. The van der Waals surface area contributed by atoms with Crippen molar-refractivity contribution in [2.24, 2.45) is 5.92 Å². The van der Waals surface area contributed by atoms with Crippen molar-refractivity contribution >= 4 is 17.7 Å². The van der Waals surface area contributed by atoms with Crippen molar-refractivity contribution in [2.75, 3.05) is 11.9 Å². The Labute approximate surface area is 115 Å². The summed E-state index contributed by atoms with van der Waals surface area (Å²) in [5, 5.41) is 22.4. The number of urea groups is 1. The number of carbonyl (C=O) groups is 2. The number of nitrogens with zero attached hydrogens (tertiary/aromatic N) is 1. The van der Waals surface area contributed by atoms with E-state index in [-0.39, 0.29) is 17.8 Å². The number of halogens is 1. The molecule has 1 rings (SSSR count). The molecule has 0 radical (unpaired) electrons. The Morgan fingerprint density at radius 3 is 2.75 bits per heavy atom. The van der Waals surface area contributed by atoms with Crippen molar-refractivity contribution in [3.8, 4) is 6.07 Å². The summed E-state index contributed by atoms with van der Waals surface area (Å²) < 4.78 is 12.9. The number of carboxylic acid groups (broad SMARTS) is 1. The van der Waals surface area contributed by atoms with Crippen molar-refractivity contribution in [1.82, 2.24) is 5.32 Å². The third kappa shape index (κ3) is 4.24. The van der Waals surface area contributed by atoms with E-state index in [0.29, 0.717) is 6.42 Å². The molecule has 0 aliphatic rings. The molecule has 3 N–H and O–H groups in total. The molecule has 0 bridgehead atoms. The average molecular weight is 279 g/mol. The molecule has 106 valence electrons. The van der Waals surface area contributed by atoms with Gasteiger partial charge in [0.25, 0.3) is 0 Å². The molecule has 7 heteroatoms. The summed E-state index contributed by atoms with van der Waals surface area (Å²) in [6.45, 7) is 1.67. The minimum absolute atomic E-state index is 0.00886. The molecule has 0 spiro atoms. The van der Waals surface area contributed by atoms with E-state index in [4.69, 9.17) is 10.4 Å². The van der Waals surface area contributed by atoms with Gasteiger partial charge in [0.05, 0.1) is 17.2 Å². The standard InChI is InChI=1S/C13H14FN3O3/c1-2-8(12(18)19)7-16-13(20)17-11-4-3-10(14)5-9(11)6-15/h3-5,8H,2,7H2,1H3,(H,18,19)(H2,16,17,20). The van der Waals surface area contributed by atoms with E-state index < -0.39 is 23.7 Å². The van der Waals surface area contributed by atoms with Gasteiger partial charge in [-0.3, -0.25) is 4.79 Å². The smallest absolute Gasteiger partial charge is 0.319 e. The highest BCUT2D eigenvalue weighted by atomic mass is 19.1. The summed E-state index contributed by atoms with van der Waals surface area (Å²) in [5.74, 6) is -2.25. The van der Waals surface area contributed by atoms with Crippen LogP contribution >= 0.6 is 0 Å². The van der Waals surface area contributed by atoms with Crippen LogP contribution < -0.4 is 10.6 Å². The summed E-state index contributed by atoms with van der Waals surface area (Å²) >= 11 is 0. The molecule has 0 aliphatic carbocycles. The monoisotopic (exact) mass is 279 g/mol. The summed E-state index contributed by atoms with van der Waals surface area (Å²) in [5.41, 5.74) is 0.153. The number of benzene rings is 1. The van der Waals surface area contributed by atoms with Crippen LogP contribution in [-0.2, 0) is 4.79 Å². The van der Waals surface area contributed by atoms with Gasteiger partial charge in [-0.2, -0.15) is 5.26 Å². The van der Waals surface area contributed by atoms with Crippen LogP contribution in [0.5, 0.6) is 0 Å². The zero-order valence-electron chi connectivity index (χ0n) is 10.8. The fourth-order valence-corrected chi connectivity index (χ4v) is 1.51. The SMILES string of the molecule is CCC(CNC(=O)Nc1ccc(F)cc1C#N)C(=O)O. The van der Waals surface area contributed by atoms with Gasteiger partial charge in [-0.15, -0.1) is 0 Å². The van der Waals surface area contributed by atoms with Gasteiger partial charge in [0.1, 0.15) is 11.9 Å². The van der Waals surface area contributed by atoms with Crippen LogP contribution in [0, 0.1) is 23.1 Å². The number of aliphatic carboxylic acids is 1. The molecule has 0 heterocycles. The molecule has 6 nitrogen and oxygen atoms in total. The largest absolute Gasteiger partial charge is 0.481 e. The second-order valence-electron chi connectivity index (χ2n) is 4.08. The molecule has 0 fully saturated rings. The minimum atomic E-state index is -0.993. The van der Waals surface area contributed by atoms with Crippen molar-refractivity contribution in [3.63, 3.8) is 0 Å². The van der Waals surface area contributed by atoms with E-state index in [1.165, 1.54) is 6.07 Å². The Morgan fingerprint density at radius 2 is 2.20 bits per heavy atom. The van der Waals surface area contributed by atoms with E-state index >= 15 is 0 Å². The van der Waals surface area contributed by atoms with Crippen molar-refractivity contribution < 1.29 is 19.1 Å². The Kier molecular flexibility index (Phi) is 5.47. The lowest BCUT2D eigenvalue weighted by Crippen LogP contribution is -2.35. The number of carbonyl (C=O) groups excluding carboxylic acids is 1. The highest BCUT2D eigenvalue weighted by Crippen LogP contribution is 2.15. The van der Waals surface area contributed by atoms with Crippen molar-refractivity contribution in [2.45, 2.75) is 13.3 Å². The van der Waals surface area contributed by atoms with Gasteiger partial charge in [-0.05, 0) is 24.6 Å². The maximum Gasteiger partial charge on any atom is 0.319 e. The van der Waals surface area contributed by atoms with Gasteiger partial charge in [0.15, 0.2) is 0 Å². The lowest BCUT2D eigenvalue weighted by atomic mass is 10.1. The predicted octanol–water partition coefficient (Wildman–Crippen LogP) is 1.93. The number of hydrogen-bond acceptors (Lipinski definition) is 3. The first-order chi connectivity index (χ1) is 9.47. The molecule has 1 aromatic carbocycles. The highest BCUT2D eigenvalue weighted by Gasteiger charge is 2.16. The molecule has 1 atom stereocenters. The van der Waals surface area contributed by atoms with E-state index in [0.717, 1.165) is 12.1 Å². The third-order valence-corrected chi connectivity index (χ3v) is 2.70. The maximum atomic E-state index is 12.9. The van der Waals surface area contributed by atoms with Crippen LogP contribution in [0.1, 0.15) is 18.9 Å². The molecule has 1 aromatic rings. The zero-order chi connectivity index (χ0) is 15.1. The molecular weight excluding hydrogens is 265 g/mol. The second-order valence-corrected chi connectivity index (χ2v) is 4.08. The Morgan fingerprint density at radius 1 is 1.50 bits per heavy atom. The second kappa shape index (κ2) is 7.09. The average Bonchev–Trinajstić information content (AvgIpc) is 2.41. The number of nitriles is 1. The first-order valence-electron chi connectivity index (χ1n) is 5.95. The number of anilines is 1. The number of carboxylic acids is 1. The topological polar surface area (TPSA) is 102 Å². The maximum absolute atomic E-state index is 12.9. The molecule has 0 saturated carbocycles. The van der Waals surface area contributed by atoms with Gasteiger partial charge in [0.2, 0.25) is 0 Å². The van der Waals surface area contributed by atoms with Crippen LogP contribution in [-0.4, -0.2) is 23.7 Å². The summed E-state index contributed by atoms with van der Waals surface area (Å²) in [6.07, 6.45) is 0.385. The van der Waals surface area contributed by atoms with Crippen LogP contribution in [0.15, 0.2) is 18.2 Å². The van der Waals surface area contributed by atoms with E-state index in [1.54, 1.807) is 13.0 Å². The van der Waals surface area contributed by atoms with Crippen LogP contribution in [0.4, 0.5) is 14.9 Å². The zero-order valence-corrected chi connectivity index (χ0v) is 10.8. The minimum Gasteiger partial charge on any atom is -0.481 e. The quantitative estimate of drug-likeness (QED) is 0.766. The van der Waals surface area contributed by atoms with Crippen LogP contribution in [0.3, 0.4) is 0 Å². The molecule has 1 unspecified atom stereocenters. The number of hydrogen-bond donors (Lipinski definition) is 3. The van der Waals surface area contributed by atoms with E-state index in [2.05, 4.69) is 10.6 Å². The summed E-state index contributed by atoms with van der Waals surface area (Å²) in [7, 11) is 0. The van der Waals surface area contributed by atoms with Gasteiger partial charge >= 0.3 is 12.0 Å². The van der Waals surface area contributed by atoms with E-state index in [1.807, 2.05) is 0 Å². The number of rotatable bonds is 5. The molecule has 0 saturated heterocycles. The summed E-state index contributed by atoms with van der Waals surface area (Å²) in [6, 6.07) is 4.50. The number of nitrogens with one attached hydrogen (secondary N) is 2. The van der Waals surface area contributed by atoms with Crippen molar-refractivity contribution in [1.29, 1.82) is 5.26 Å². The van der Waals surface area contributed by atoms with Crippen molar-refractivity contribution in [3.05, 3.63) is 29.6 Å². The molecule has 2 amide bonds. The van der Waals surface area contributed by atoms with E-state index in [9.17, 15) is 14.0 Å².